The Morgan fingerprint density at radius 2 is 1.10 bits per heavy atom. The lowest BCUT2D eigenvalue weighted by molar-refractivity contribution is 1.99. The minimum absolute atomic E-state index is 0.273. The van der Waals surface area contributed by atoms with Crippen LogP contribution in [0.1, 0.15) is 0 Å². The predicted octanol–water partition coefficient (Wildman–Crippen LogP) is 5.29. The topological polar surface area (TPSA) is 0 Å². The summed E-state index contributed by atoms with van der Waals surface area (Å²) in [5.41, 5.74) is 0. The molecule has 0 aliphatic carbocycles. The summed E-state index contributed by atoms with van der Waals surface area (Å²) in [6.07, 6.45) is 0. The highest BCUT2D eigenvalue weighted by molar-refractivity contribution is 7.81. The van der Waals surface area contributed by atoms with Crippen molar-refractivity contribution in [2.24, 2.45) is 0 Å². The molecule has 0 bridgehead atoms. The highest BCUT2D eigenvalue weighted by Gasteiger charge is 2.16. The van der Waals surface area contributed by atoms with Crippen molar-refractivity contribution in [1.82, 2.24) is 0 Å². The fourth-order valence-corrected chi connectivity index (χ4v) is 3.70. The average Bonchev–Trinajstić information content (AvgIpc) is 2.07. The highest BCUT2D eigenvalue weighted by Crippen LogP contribution is 2.58. The Labute approximate surface area is 83.8 Å². The maximum Gasteiger partial charge on any atom is 0.0961 e. The van der Waals surface area contributed by atoms with E-state index in [1.165, 1.54) is 0 Å². The molecule has 56 valence electrons. The molecule has 0 nitrogen and oxygen atoms in total. The monoisotopic (exact) mass is 254 g/mol. The van der Waals surface area contributed by atoms with Gasteiger partial charge in [0.25, 0.3) is 0 Å². The van der Waals surface area contributed by atoms with Crippen molar-refractivity contribution < 1.29 is 0 Å². The predicted molar refractivity (Wildman–Crippen MR) is 50.4 cm³/mol. The van der Waals surface area contributed by atoms with E-state index in [1.54, 1.807) is 0 Å². The van der Waals surface area contributed by atoms with E-state index in [4.69, 9.17) is 57.6 Å². The van der Waals surface area contributed by atoms with Gasteiger partial charge in [0.05, 0.1) is 19.6 Å². The van der Waals surface area contributed by atoms with Crippen LogP contribution in [0.2, 0.25) is 19.6 Å². The fourth-order valence-electron chi connectivity index (χ4n) is 0.440. The molecule has 1 heterocycles. The summed E-state index contributed by atoms with van der Waals surface area (Å²) < 4.78 is 0.710. The Kier molecular flexibility index (Phi) is 3.08. The molecular formula is C4Cl5P. The Morgan fingerprint density at radius 3 is 1.20 bits per heavy atom. The van der Waals surface area contributed by atoms with E-state index in [2.05, 4.69) is 0 Å². The molecule has 1 rings (SSSR count). The lowest BCUT2D eigenvalue weighted by Gasteiger charge is -1.83. The van der Waals surface area contributed by atoms with Crippen molar-refractivity contribution in [3.05, 3.63) is 19.6 Å². The molecule has 0 aliphatic heterocycles. The van der Waals surface area contributed by atoms with Gasteiger partial charge in [-0.1, -0.05) is 57.6 Å². The third-order valence-corrected chi connectivity index (χ3v) is 6.27. The summed E-state index contributed by atoms with van der Waals surface area (Å²) in [7, 11) is 0. The van der Waals surface area contributed by atoms with Crippen molar-refractivity contribution in [2.75, 3.05) is 0 Å². The SMILES string of the molecule is Clc1c(Cl)c(Cl)p(Cl)c1Cl. The van der Waals surface area contributed by atoms with Gasteiger partial charge in [0.15, 0.2) is 0 Å². The Morgan fingerprint density at radius 1 is 0.800 bits per heavy atom. The average molecular weight is 256 g/mol. The molecule has 0 saturated carbocycles. The zero-order valence-corrected chi connectivity index (χ0v) is 9.01. The molecule has 1 aromatic heterocycles. The van der Waals surface area contributed by atoms with Crippen molar-refractivity contribution in [3.8, 4) is 0 Å². The number of halogens is 5. The minimum atomic E-state index is -1.17. The summed E-state index contributed by atoms with van der Waals surface area (Å²) in [4.78, 5) is 0. The van der Waals surface area contributed by atoms with E-state index in [0.29, 0.717) is 9.51 Å². The van der Waals surface area contributed by atoms with Crippen LogP contribution in [-0.4, -0.2) is 0 Å². The first kappa shape index (κ1) is 9.32. The van der Waals surface area contributed by atoms with Crippen LogP contribution in [0.15, 0.2) is 0 Å². The molecule has 0 radical (unpaired) electrons. The largest absolute Gasteiger partial charge is 0.0961 e. The van der Waals surface area contributed by atoms with E-state index in [9.17, 15) is 0 Å². The van der Waals surface area contributed by atoms with Crippen LogP contribution in [0.3, 0.4) is 0 Å². The van der Waals surface area contributed by atoms with Crippen molar-refractivity contribution in [2.45, 2.75) is 0 Å². The van der Waals surface area contributed by atoms with Gasteiger partial charge in [-0.15, -0.1) is 0 Å². The molecule has 0 aromatic carbocycles. The molecule has 0 spiro atoms. The molecule has 6 heteroatoms. The van der Waals surface area contributed by atoms with E-state index < -0.39 is 6.89 Å². The summed E-state index contributed by atoms with van der Waals surface area (Å²) >= 11 is 28.2. The van der Waals surface area contributed by atoms with Gasteiger partial charge in [-0.25, -0.2) is 0 Å². The molecule has 0 unspecified atom stereocenters. The number of rotatable bonds is 0. The number of hydrogen-bond acceptors (Lipinski definition) is 0. The second kappa shape index (κ2) is 3.31. The van der Waals surface area contributed by atoms with Gasteiger partial charge in [-0.05, 0) is 0 Å². The zero-order valence-electron chi connectivity index (χ0n) is 4.34. The molecule has 0 N–H and O–H groups in total. The maximum absolute atomic E-state index is 5.72. The minimum Gasteiger partial charge on any atom is -0.0806 e. The maximum atomic E-state index is 5.72. The van der Waals surface area contributed by atoms with Crippen molar-refractivity contribution in [1.29, 1.82) is 0 Å². The second-order valence-electron chi connectivity index (χ2n) is 1.49. The van der Waals surface area contributed by atoms with Crippen LogP contribution < -0.4 is 0 Å². The van der Waals surface area contributed by atoms with Gasteiger partial charge in [0.1, 0.15) is 0 Å². The summed E-state index contributed by atoms with van der Waals surface area (Å²) in [5, 5.41) is 0.545. The third-order valence-electron chi connectivity index (χ3n) is 0.900. The molecule has 0 fully saturated rings. The quantitative estimate of drug-likeness (QED) is 0.591. The van der Waals surface area contributed by atoms with Gasteiger partial charge >= 0.3 is 0 Å². The van der Waals surface area contributed by atoms with Crippen LogP contribution in [0.25, 0.3) is 0 Å². The zero-order chi connectivity index (χ0) is 7.89. The second-order valence-corrected chi connectivity index (χ2v) is 6.00. The Hall–Kier alpha value is 1.23. The normalized spacial score (nSPS) is 10.5. The van der Waals surface area contributed by atoms with E-state index in [1.807, 2.05) is 0 Å². The van der Waals surface area contributed by atoms with E-state index in [0.717, 1.165) is 0 Å². The first-order chi connectivity index (χ1) is 4.55. The summed E-state index contributed by atoms with van der Waals surface area (Å²) in [5.74, 6) is 0. The lowest BCUT2D eigenvalue weighted by atomic mass is 10.7. The van der Waals surface area contributed by atoms with Crippen LogP contribution in [-0.2, 0) is 0 Å². The molecule has 10 heavy (non-hydrogen) atoms. The highest BCUT2D eigenvalue weighted by atomic mass is 35.7. The molecular weight excluding hydrogens is 256 g/mol. The first-order valence-electron chi connectivity index (χ1n) is 2.12. The fraction of sp³-hybridized carbons (Fsp3) is 0. The van der Waals surface area contributed by atoms with Gasteiger partial charge < -0.3 is 0 Å². The standard InChI is InChI=1S/C4Cl5P/c5-1-2(6)4(8)10(9)3(1)7. The first-order valence-corrected chi connectivity index (χ1v) is 5.88. The van der Waals surface area contributed by atoms with Crippen molar-refractivity contribution in [3.63, 3.8) is 0 Å². The van der Waals surface area contributed by atoms with Crippen LogP contribution in [0.5, 0.6) is 0 Å². The molecule has 0 amide bonds. The molecule has 0 aliphatic rings. The van der Waals surface area contributed by atoms with E-state index >= 15 is 0 Å². The van der Waals surface area contributed by atoms with Crippen molar-refractivity contribution >= 4 is 64.5 Å². The van der Waals surface area contributed by atoms with Gasteiger partial charge in [-0.3, -0.25) is 0 Å². The van der Waals surface area contributed by atoms with Crippen LogP contribution in [0.4, 0.5) is 0 Å². The van der Waals surface area contributed by atoms with Gasteiger partial charge in [0, 0.05) is 6.89 Å². The smallest absolute Gasteiger partial charge is 0.0806 e. The molecule has 0 saturated heterocycles. The molecule has 1 aromatic rings. The van der Waals surface area contributed by atoms with Crippen LogP contribution >= 0.6 is 64.5 Å². The third kappa shape index (κ3) is 1.39. The van der Waals surface area contributed by atoms with Gasteiger partial charge in [0.2, 0.25) is 0 Å². The summed E-state index contributed by atoms with van der Waals surface area (Å²) in [6.45, 7) is -1.17. The lowest BCUT2D eigenvalue weighted by Crippen LogP contribution is -1.53. The number of hydrogen-bond donors (Lipinski definition) is 0. The molecule has 0 atom stereocenters. The summed E-state index contributed by atoms with van der Waals surface area (Å²) in [6, 6.07) is 0. The van der Waals surface area contributed by atoms with E-state index in [-0.39, 0.29) is 10.0 Å². The van der Waals surface area contributed by atoms with Gasteiger partial charge in [-0.2, -0.15) is 0 Å². The van der Waals surface area contributed by atoms with Crippen LogP contribution in [0, 0.1) is 0 Å². The Balaban J connectivity index is 3.44. The Bertz CT molecular complexity index is 185.